The topological polar surface area (TPSA) is 83.8 Å². The van der Waals surface area contributed by atoms with E-state index < -0.39 is 10.0 Å². The Balaban J connectivity index is 1.43. The van der Waals surface area contributed by atoms with Crippen molar-refractivity contribution in [1.29, 1.82) is 0 Å². The van der Waals surface area contributed by atoms with E-state index in [2.05, 4.69) is 4.90 Å². The van der Waals surface area contributed by atoms with Gasteiger partial charge in [-0.25, -0.2) is 8.42 Å². The highest BCUT2D eigenvalue weighted by Crippen LogP contribution is 2.27. The summed E-state index contributed by atoms with van der Waals surface area (Å²) in [4.78, 5) is 13.3. The average molecular weight is 401 g/mol. The lowest BCUT2D eigenvalue weighted by Crippen LogP contribution is -2.48. The number of nitro benzene ring substituents is 1. The number of aryl methyl sites for hydroxylation is 2. The molecule has 0 bridgehead atoms. The third kappa shape index (κ3) is 3.67. The van der Waals surface area contributed by atoms with Crippen molar-refractivity contribution in [3.8, 4) is 0 Å². The Hall–Kier alpha value is -2.29. The summed E-state index contributed by atoms with van der Waals surface area (Å²) in [6.45, 7) is 2.33. The first-order valence-electron chi connectivity index (χ1n) is 9.52. The van der Waals surface area contributed by atoms with E-state index in [1.807, 2.05) is 12.1 Å². The van der Waals surface area contributed by atoms with Crippen molar-refractivity contribution in [3.63, 3.8) is 0 Å². The van der Waals surface area contributed by atoms with E-state index in [0.717, 1.165) is 24.8 Å². The highest BCUT2D eigenvalue weighted by molar-refractivity contribution is 7.89. The van der Waals surface area contributed by atoms with Gasteiger partial charge in [-0.2, -0.15) is 4.31 Å². The van der Waals surface area contributed by atoms with Crippen molar-refractivity contribution in [2.24, 2.45) is 0 Å². The smallest absolute Gasteiger partial charge is 0.273 e. The molecule has 0 aromatic heterocycles. The Morgan fingerprint density at radius 3 is 2.43 bits per heavy atom. The van der Waals surface area contributed by atoms with Crippen molar-refractivity contribution in [3.05, 3.63) is 69.3 Å². The molecule has 0 atom stereocenters. The van der Waals surface area contributed by atoms with Crippen LogP contribution in [0.3, 0.4) is 0 Å². The van der Waals surface area contributed by atoms with Gasteiger partial charge in [0, 0.05) is 44.4 Å². The van der Waals surface area contributed by atoms with Gasteiger partial charge in [-0.15, -0.1) is 0 Å². The molecule has 0 amide bonds. The van der Waals surface area contributed by atoms with Crippen molar-refractivity contribution in [2.45, 2.75) is 30.7 Å². The fourth-order valence-corrected chi connectivity index (χ4v) is 5.52. The molecule has 0 unspecified atom stereocenters. The third-order valence-electron chi connectivity index (χ3n) is 5.62. The van der Waals surface area contributed by atoms with E-state index in [0.29, 0.717) is 43.2 Å². The minimum absolute atomic E-state index is 0.107. The lowest BCUT2D eigenvalue weighted by Gasteiger charge is -2.34. The molecule has 28 heavy (non-hydrogen) atoms. The standard InChI is InChI=1S/C20H23N3O4S/c24-23(25)20-7-2-1-4-18(20)15-21-10-12-22(13-11-21)28(26,27)19-9-8-16-5-3-6-17(16)14-19/h1-2,4,7-9,14H,3,5-6,10-13,15H2. The number of sulfonamides is 1. The molecule has 1 aliphatic heterocycles. The minimum atomic E-state index is -3.50. The zero-order valence-corrected chi connectivity index (χ0v) is 16.4. The maximum atomic E-state index is 13.0. The van der Waals surface area contributed by atoms with E-state index in [4.69, 9.17) is 0 Å². The van der Waals surface area contributed by atoms with Crippen LogP contribution in [0.1, 0.15) is 23.1 Å². The summed E-state index contributed by atoms with van der Waals surface area (Å²) in [6.07, 6.45) is 3.06. The summed E-state index contributed by atoms with van der Waals surface area (Å²) in [7, 11) is -3.50. The highest BCUT2D eigenvalue weighted by atomic mass is 32.2. The van der Waals surface area contributed by atoms with Gasteiger partial charge in [-0.1, -0.05) is 24.3 Å². The molecule has 0 saturated carbocycles. The number of piperazine rings is 1. The summed E-state index contributed by atoms with van der Waals surface area (Å²) in [6, 6.07) is 12.2. The Bertz CT molecular complexity index is 998. The number of nitrogens with zero attached hydrogens (tertiary/aromatic N) is 3. The predicted molar refractivity (Wildman–Crippen MR) is 106 cm³/mol. The van der Waals surface area contributed by atoms with Gasteiger partial charge in [0.15, 0.2) is 0 Å². The van der Waals surface area contributed by atoms with Crippen LogP contribution in [0.4, 0.5) is 5.69 Å². The predicted octanol–water partition coefficient (Wildman–Crippen LogP) is 2.59. The molecule has 7 nitrogen and oxygen atoms in total. The van der Waals surface area contributed by atoms with Crippen LogP contribution in [0.25, 0.3) is 0 Å². The molecule has 1 heterocycles. The van der Waals surface area contributed by atoms with Crippen molar-refractivity contribution in [1.82, 2.24) is 9.21 Å². The van der Waals surface area contributed by atoms with Crippen molar-refractivity contribution >= 4 is 15.7 Å². The van der Waals surface area contributed by atoms with Crippen LogP contribution < -0.4 is 0 Å². The number of fused-ring (bicyclic) bond motifs is 1. The molecule has 1 fully saturated rings. The lowest BCUT2D eigenvalue weighted by molar-refractivity contribution is -0.385. The number of para-hydroxylation sites is 1. The summed E-state index contributed by atoms with van der Waals surface area (Å²) in [5, 5.41) is 11.2. The normalized spacial score (nSPS) is 18.1. The zero-order chi connectivity index (χ0) is 19.7. The van der Waals surface area contributed by atoms with E-state index in [1.54, 1.807) is 24.3 Å². The van der Waals surface area contributed by atoms with Gasteiger partial charge < -0.3 is 0 Å². The van der Waals surface area contributed by atoms with E-state index >= 15 is 0 Å². The van der Waals surface area contributed by atoms with E-state index in [-0.39, 0.29) is 10.6 Å². The van der Waals surface area contributed by atoms with Gasteiger partial charge >= 0.3 is 0 Å². The number of nitro groups is 1. The highest BCUT2D eigenvalue weighted by Gasteiger charge is 2.30. The largest absolute Gasteiger partial charge is 0.296 e. The second-order valence-corrected chi connectivity index (χ2v) is 9.29. The fraction of sp³-hybridized carbons (Fsp3) is 0.400. The van der Waals surface area contributed by atoms with Gasteiger partial charge in [0.2, 0.25) is 10.0 Å². The zero-order valence-electron chi connectivity index (χ0n) is 15.6. The van der Waals surface area contributed by atoms with E-state index in [9.17, 15) is 18.5 Å². The van der Waals surface area contributed by atoms with Crippen LogP contribution in [-0.4, -0.2) is 48.7 Å². The average Bonchev–Trinajstić information content (AvgIpc) is 3.16. The summed E-state index contributed by atoms with van der Waals surface area (Å²) in [5.74, 6) is 0. The minimum Gasteiger partial charge on any atom is -0.296 e. The van der Waals surface area contributed by atoms with Crippen molar-refractivity contribution < 1.29 is 13.3 Å². The Labute approximate surface area is 164 Å². The Kier molecular flexibility index (Phi) is 5.18. The number of hydrogen-bond donors (Lipinski definition) is 0. The molecular formula is C20H23N3O4S. The van der Waals surface area contributed by atoms with Gasteiger partial charge in [0.05, 0.1) is 9.82 Å². The first-order valence-corrected chi connectivity index (χ1v) is 11.0. The second-order valence-electron chi connectivity index (χ2n) is 7.35. The molecule has 2 aromatic rings. The molecule has 2 aromatic carbocycles. The molecule has 148 valence electrons. The molecule has 0 radical (unpaired) electrons. The Morgan fingerprint density at radius 2 is 1.68 bits per heavy atom. The molecular weight excluding hydrogens is 378 g/mol. The summed E-state index contributed by atoms with van der Waals surface area (Å²) >= 11 is 0. The van der Waals surface area contributed by atoms with Gasteiger partial charge in [-0.3, -0.25) is 15.0 Å². The maximum Gasteiger partial charge on any atom is 0.273 e. The SMILES string of the molecule is O=[N+]([O-])c1ccccc1CN1CCN(S(=O)(=O)c2ccc3c(c2)CCC3)CC1. The van der Waals surface area contributed by atoms with Crippen molar-refractivity contribution in [2.75, 3.05) is 26.2 Å². The molecule has 4 rings (SSSR count). The lowest BCUT2D eigenvalue weighted by atomic mass is 10.1. The molecule has 2 aliphatic rings. The monoisotopic (exact) mass is 401 g/mol. The molecule has 0 N–H and O–H groups in total. The Morgan fingerprint density at radius 1 is 0.964 bits per heavy atom. The van der Waals surface area contributed by atoms with Gasteiger partial charge in [0.25, 0.3) is 5.69 Å². The van der Waals surface area contributed by atoms with Gasteiger partial charge in [0.1, 0.15) is 0 Å². The number of hydrogen-bond acceptors (Lipinski definition) is 5. The molecule has 1 aliphatic carbocycles. The van der Waals surface area contributed by atoms with E-state index in [1.165, 1.54) is 15.9 Å². The second kappa shape index (κ2) is 7.62. The van der Waals surface area contributed by atoms with Crippen LogP contribution in [0.2, 0.25) is 0 Å². The number of benzene rings is 2. The number of rotatable bonds is 5. The van der Waals surface area contributed by atoms with Crippen LogP contribution >= 0.6 is 0 Å². The van der Waals surface area contributed by atoms with Gasteiger partial charge in [-0.05, 0) is 42.5 Å². The van der Waals surface area contributed by atoms with Crippen LogP contribution in [-0.2, 0) is 29.4 Å². The van der Waals surface area contributed by atoms with Crippen LogP contribution in [0.5, 0.6) is 0 Å². The summed E-state index contributed by atoms with van der Waals surface area (Å²) < 4.78 is 27.6. The first kappa shape index (κ1) is 19.0. The first-order chi connectivity index (χ1) is 13.4. The quantitative estimate of drug-likeness (QED) is 0.568. The fourth-order valence-electron chi connectivity index (χ4n) is 4.05. The van der Waals surface area contributed by atoms with Crippen LogP contribution in [0, 0.1) is 10.1 Å². The molecule has 0 spiro atoms. The summed E-state index contributed by atoms with van der Waals surface area (Å²) in [5.41, 5.74) is 3.17. The van der Waals surface area contributed by atoms with Crippen LogP contribution in [0.15, 0.2) is 47.4 Å². The molecule has 1 saturated heterocycles. The third-order valence-corrected chi connectivity index (χ3v) is 7.52. The molecule has 8 heteroatoms. The maximum absolute atomic E-state index is 13.0.